The lowest BCUT2D eigenvalue weighted by Gasteiger charge is -2.44. The van der Waals surface area contributed by atoms with E-state index < -0.39 is 6.15 Å². The number of hydrogen-bond donors (Lipinski definition) is 0. The minimum atomic E-state index is -0.814. The lowest BCUT2D eigenvalue weighted by molar-refractivity contribution is 0.804. The normalized spacial score (nSPS) is 13.0. The first-order valence-electron chi connectivity index (χ1n) is 9.20. The summed E-state index contributed by atoms with van der Waals surface area (Å²) in [5.41, 5.74) is 5.28. The summed E-state index contributed by atoms with van der Waals surface area (Å²) in [5.74, 6) is 0. The Morgan fingerprint density at radius 3 is 1.20 bits per heavy atom. The second kappa shape index (κ2) is 8.27. The fourth-order valence-corrected chi connectivity index (χ4v) is 5.78. The van der Waals surface area contributed by atoms with Gasteiger partial charge in [0.1, 0.15) is 0 Å². The third-order valence-corrected chi connectivity index (χ3v) is 7.68. The van der Waals surface area contributed by atoms with E-state index in [1.165, 1.54) is 10.9 Å². The molecule has 0 aromatic heterocycles. The van der Waals surface area contributed by atoms with Crippen molar-refractivity contribution in [2.24, 2.45) is 0 Å². The van der Waals surface area contributed by atoms with Gasteiger partial charge in [0.15, 0.2) is 0 Å². The van der Waals surface area contributed by atoms with Crippen molar-refractivity contribution in [3.63, 3.8) is 0 Å². The Morgan fingerprint density at radius 2 is 0.920 bits per heavy atom. The predicted octanol–water partition coefficient (Wildman–Crippen LogP) is 5.39. The number of thioether (sulfide) groups is 2. The Labute approximate surface area is 163 Å². The molecular weight excluding hydrogens is 339 g/mol. The van der Waals surface area contributed by atoms with Crippen molar-refractivity contribution in [3.8, 4) is 0 Å². The fourth-order valence-electron chi connectivity index (χ4n) is 3.05. The number of benzene rings is 2. The van der Waals surface area contributed by atoms with Crippen molar-refractivity contribution in [1.29, 1.82) is 0 Å². The van der Waals surface area contributed by atoms with E-state index in [-0.39, 0.29) is 9.49 Å². The maximum atomic E-state index is 2.33. The molecule has 136 valence electrons. The summed E-state index contributed by atoms with van der Waals surface area (Å²) in [6.45, 7) is 13.9. The molecule has 0 aliphatic carbocycles. The first-order chi connectivity index (χ1) is 11.6. The monoisotopic (exact) mass is 371 g/mol. The summed E-state index contributed by atoms with van der Waals surface area (Å²) in [6, 6.07) is 22.4. The summed E-state index contributed by atoms with van der Waals surface area (Å²) >= 11 is 4.19. The van der Waals surface area contributed by atoms with Gasteiger partial charge in [-0.25, -0.2) is 10.9 Å². The second-order valence-electron chi connectivity index (χ2n) is 8.92. The third kappa shape index (κ3) is 6.15. The van der Waals surface area contributed by atoms with Crippen LogP contribution in [0.2, 0.25) is 0 Å². The minimum Gasteiger partial charge on any atom is -0.203 e. The van der Waals surface area contributed by atoms with Gasteiger partial charge < -0.3 is 0 Å². The Hall–Kier alpha value is -0.795. The van der Waals surface area contributed by atoms with Crippen molar-refractivity contribution >= 4 is 40.6 Å². The van der Waals surface area contributed by atoms with Crippen LogP contribution in [0.15, 0.2) is 60.7 Å². The van der Waals surface area contributed by atoms with Gasteiger partial charge in [-0.3, -0.25) is 0 Å². The van der Waals surface area contributed by atoms with Crippen LogP contribution in [0.5, 0.6) is 0 Å². The molecule has 0 aliphatic rings. The highest BCUT2D eigenvalue weighted by Crippen LogP contribution is 2.31. The molecule has 25 heavy (non-hydrogen) atoms. The predicted molar refractivity (Wildman–Crippen MR) is 122 cm³/mol. The van der Waals surface area contributed by atoms with Crippen LogP contribution in [-0.2, 0) is 0 Å². The SMILES string of the molecule is CC(C)(C)SC[B-](CSC(C)(C)C)(c1ccccc1)c1ccccc1. The average molecular weight is 371 g/mol. The van der Waals surface area contributed by atoms with Crippen LogP contribution in [0.4, 0.5) is 0 Å². The van der Waals surface area contributed by atoms with Crippen LogP contribution in [0.25, 0.3) is 0 Å². The molecule has 3 heteroatoms. The summed E-state index contributed by atoms with van der Waals surface area (Å²) in [4.78, 5) is 0. The Balaban J connectivity index is 2.52. The molecule has 2 rings (SSSR count). The smallest absolute Gasteiger partial charge is 0.0745 e. The van der Waals surface area contributed by atoms with Crippen molar-refractivity contribution < 1.29 is 0 Å². The third-order valence-electron chi connectivity index (χ3n) is 4.48. The standard InChI is InChI=1S/C22H32BS2/c1-21(2,3)24-17-23(18-25-22(4,5)6,19-13-9-7-10-14-19)20-15-11-8-12-16-20/h7-16H,17-18H2,1-6H3/q-1. The first-order valence-corrected chi connectivity index (χ1v) is 11.2. The molecule has 0 atom stereocenters. The molecule has 0 saturated heterocycles. The van der Waals surface area contributed by atoms with Crippen LogP contribution < -0.4 is 10.9 Å². The van der Waals surface area contributed by atoms with Crippen molar-refractivity contribution in [2.45, 2.75) is 51.0 Å². The first kappa shape index (κ1) is 20.5. The van der Waals surface area contributed by atoms with Crippen LogP contribution >= 0.6 is 23.5 Å². The molecule has 0 fully saturated rings. The second-order valence-corrected chi connectivity index (χ2v) is 12.6. The topological polar surface area (TPSA) is 0 Å². The Morgan fingerprint density at radius 1 is 0.600 bits per heavy atom. The van der Waals surface area contributed by atoms with Crippen LogP contribution in [-0.4, -0.2) is 26.9 Å². The largest absolute Gasteiger partial charge is 0.203 e. The molecule has 0 amide bonds. The molecular formula is C22H32BS2-. The highest BCUT2D eigenvalue weighted by atomic mass is 32.2. The lowest BCUT2D eigenvalue weighted by Crippen LogP contribution is -2.64. The zero-order valence-electron chi connectivity index (χ0n) is 16.6. The van der Waals surface area contributed by atoms with E-state index in [1.807, 2.05) is 0 Å². The Bertz CT molecular complexity index is 580. The van der Waals surface area contributed by atoms with Crippen molar-refractivity contribution in [2.75, 3.05) is 11.3 Å². The summed E-state index contributed by atoms with van der Waals surface area (Å²) in [5, 5.41) is 0. The summed E-state index contributed by atoms with van der Waals surface area (Å²) in [6.07, 6.45) is -0.814. The molecule has 0 bridgehead atoms. The van der Waals surface area contributed by atoms with Gasteiger partial charge in [-0.05, 0) is 0 Å². The van der Waals surface area contributed by atoms with Crippen LogP contribution in [0, 0.1) is 0 Å². The molecule has 0 nitrogen and oxygen atoms in total. The van der Waals surface area contributed by atoms with Crippen LogP contribution in [0.1, 0.15) is 41.5 Å². The molecule has 0 radical (unpaired) electrons. The summed E-state index contributed by atoms with van der Waals surface area (Å²) in [7, 11) is 0. The van der Waals surface area contributed by atoms with Crippen LogP contribution in [0.3, 0.4) is 0 Å². The van der Waals surface area contributed by atoms with Gasteiger partial charge in [-0.2, -0.15) is 23.5 Å². The van der Waals surface area contributed by atoms with E-state index in [2.05, 4.69) is 126 Å². The molecule has 2 aromatic carbocycles. The fraction of sp³-hybridized carbons (Fsp3) is 0.455. The average Bonchev–Trinajstić information content (AvgIpc) is 2.55. The molecule has 0 heterocycles. The van der Waals surface area contributed by atoms with E-state index in [9.17, 15) is 0 Å². The molecule has 0 N–H and O–H groups in total. The Kier molecular flexibility index (Phi) is 6.78. The maximum Gasteiger partial charge on any atom is 0.0745 e. The van der Waals surface area contributed by atoms with E-state index in [0.29, 0.717) is 0 Å². The van der Waals surface area contributed by atoms with E-state index >= 15 is 0 Å². The van der Waals surface area contributed by atoms with Gasteiger partial charge in [0, 0.05) is 9.49 Å². The quantitative estimate of drug-likeness (QED) is 0.624. The van der Waals surface area contributed by atoms with E-state index in [1.54, 1.807) is 0 Å². The highest BCUT2D eigenvalue weighted by molar-refractivity contribution is 8.05. The molecule has 0 spiro atoms. The lowest BCUT2D eigenvalue weighted by atomic mass is 9.21. The molecule has 0 saturated carbocycles. The van der Waals surface area contributed by atoms with Gasteiger partial charge in [0.25, 0.3) is 0 Å². The minimum absolute atomic E-state index is 0.267. The van der Waals surface area contributed by atoms with Gasteiger partial charge in [-0.1, -0.05) is 102 Å². The van der Waals surface area contributed by atoms with Gasteiger partial charge >= 0.3 is 0 Å². The molecule has 0 aliphatic heterocycles. The molecule has 2 aromatic rings. The zero-order valence-corrected chi connectivity index (χ0v) is 18.2. The van der Waals surface area contributed by atoms with E-state index in [4.69, 9.17) is 0 Å². The highest BCUT2D eigenvalue weighted by Gasteiger charge is 2.31. The van der Waals surface area contributed by atoms with E-state index in [0.717, 1.165) is 11.3 Å². The summed E-state index contributed by atoms with van der Waals surface area (Å²) < 4.78 is 0.534. The number of hydrogen-bond acceptors (Lipinski definition) is 2. The number of rotatable bonds is 6. The van der Waals surface area contributed by atoms with Crippen molar-refractivity contribution in [3.05, 3.63) is 60.7 Å². The maximum absolute atomic E-state index is 2.33. The zero-order chi connectivity index (χ0) is 18.6. The van der Waals surface area contributed by atoms with Gasteiger partial charge in [0.05, 0.1) is 6.15 Å². The van der Waals surface area contributed by atoms with Gasteiger partial charge in [-0.15, -0.1) is 11.3 Å². The van der Waals surface area contributed by atoms with Crippen molar-refractivity contribution in [1.82, 2.24) is 0 Å². The molecule has 0 unspecified atom stereocenters. The van der Waals surface area contributed by atoms with Gasteiger partial charge in [0.2, 0.25) is 0 Å².